The van der Waals surface area contributed by atoms with Gasteiger partial charge in [0.25, 0.3) is 5.91 Å². The number of benzene rings is 1. The molecule has 0 bridgehead atoms. The number of rotatable bonds is 5. The van der Waals surface area contributed by atoms with Crippen LogP contribution in [-0.4, -0.2) is 34.6 Å². The Hall–Kier alpha value is -2.33. The number of nitrogens with two attached hydrogens (primary N) is 1. The molecule has 1 aromatic rings. The first-order valence-electron chi connectivity index (χ1n) is 8.20. The number of allylic oxidation sites excluding steroid dienone is 3. The van der Waals surface area contributed by atoms with Crippen LogP contribution in [0.2, 0.25) is 0 Å². The van der Waals surface area contributed by atoms with Crippen molar-refractivity contribution in [1.29, 1.82) is 0 Å². The van der Waals surface area contributed by atoms with E-state index in [2.05, 4.69) is 13.2 Å². The molecule has 0 radical (unpaired) electrons. The van der Waals surface area contributed by atoms with E-state index in [0.29, 0.717) is 43.6 Å². The first-order valence-corrected chi connectivity index (χ1v) is 8.20. The van der Waals surface area contributed by atoms with Crippen LogP contribution in [-0.2, 0) is 0 Å². The summed E-state index contributed by atoms with van der Waals surface area (Å²) in [6.07, 6.45) is 6.94. The second-order valence-electron chi connectivity index (χ2n) is 6.45. The van der Waals surface area contributed by atoms with Gasteiger partial charge in [-0.1, -0.05) is 31.4 Å². The van der Waals surface area contributed by atoms with Gasteiger partial charge in [0, 0.05) is 30.8 Å². The summed E-state index contributed by atoms with van der Waals surface area (Å²) in [5.74, 6) is -0.00859. The van der Waals surface area contributed by atoms with E-state index in [9.17, 15) is 9.90 Å². The van der Waals surface area contributed by atoms with Crippen LogP contribution in [0.5, 0.6) is 0 Å². The minimum absolute atomic E-state index is 0.00859. The molecule has 3 N–H and O–H groups in total. The molecular formula is C20H26N2O2. The summed E-state index contributed by atoms with van der Waals surface area (Å²) in [5, 5.41) is 10.8. The van der Waals surface area contributed by atoms with Gasteiger partial charge in [0.2, 0.25) is 0 Å². The zero-order valence-corrected chi connectivity index (χ0v) is 14.3. The lowest BCUT2D eigenvalue weighted by atomic mass is 9.85. The fourth-order valence-electron chi connectivity index (χ4n) is 3.02. The maximum Gasteiger partial charge on any atom is 0.253 e. The molecule has 0 spiro atoms. The van der Waals surface area contributed by atoms with Crippen molar-refractivity contribution in [1.82, 2.24) is 4.90 Å². The molecule has 1 amide bonds. The number of carbonyl (C=O) groups is 1. The zero-order valence-electron chi connectivity index (χ0n) is 14.3. The lowest BCUT2D eigenvalue weighted by Crippen LogP contribution is -2.46. The Bertz CT molecular complexity index is 668. The van der Waals surface area contributed by atoms with Crippen molar-refractivity contribution < 1.29 is 9.90 Å². The van der Waals surface area contributed by atoms with E-state index in [1.807, 2.05) is 19.1 Å². The van der Waals surface area contributed by atoms with Crippen molar-refractivity contribution in [3.8, 4) is 0 Å². The number of aryl methyl sites for hydroxylation is 1. The topological polar surface area (TPSA) is 66.6 Å². The van der Waals surface area contributed by atoms with E-state index in [1.165, 1.54) is 0 Å². The lowest BCUT2D eigenvalue weighted by molar-refractivity contribution is -0.0156. The van der Waals surface area contributed by atoms with Crippen LogP contribution in [0.15, 0.2) is 55.2 Å². The molecule has 0 aromatic heterocycles. The minimum atomic E-state index is -0.795. The van der Waals surface area contributed by atoms with E-state index in [1.54, 1.807) is 29.2 Å². The number of anilines is 1. The number of piperidine rings is 1. The highest BCUT2D eigenvalue weighted by molar-refractivity contribution is 5.95. The molecule has 0 atom stereocenters. The Morgan fingerprint density at radius 2 is 2.04 bits per heavy atom. The molecule has 24 heavy (non-hydrogen) atoms. The van der Waals surface area contributed by atoms with Crippen LogP contribution in [0.1, 0.15) is 35.2 Å². The highest BCUT2D eigenvalue weighted by atomic mass is 16.3. The summed E-state index contributed by atoms with van der Waals surface area (Å²) in [5.41, 5.74) is 8.21. The Morgan fingerprint density at radius 3 is 2.58 bits per heavy atom. The van der Waals surface area contributed by atoms with Crippen LogP contribution in [0, 0.1) is 6.92 Å². The van der Waals surface area contributed by atoms with Gasteiger partial charge in [-0.25, -0.2) is 0 Å². The van der Waals surface area contributed by atoms with Crippen molar-refractivity contribution in [2.24, 2.45) is 0 Å². The average Bonchev–Trinajstić information content (AvgIpc) is 2.57. The third-order valence-corrected chi connectivity index (χ3v) is 4.63. The number of amides is 1. The van der Waals surface area contributed by atoms with Gasteiger partial charge in [-0.2, -0.15) is 0 Å². The van der Waals surface area contributed by atoms with Crippen LogP contribution in [0.4, 0.5) is 5.69 Å². The van der Waals surface area contributed by atoms with Crippen molar-refractivity contribution in [2.75, 3.05) is 18.8 Å². The molecule has 2 rings (SSSR count). The van der Waals surface area contributed by atoms with Crippen molar-refractivity contribution >= 4 is 11.6 Å². The summed E-state index contributed by atoms with van der Waals surface area (Å²) in [6.45, 7) is 10.4. The maximum absolute atomic E-state index is 12.6. The highest BCUT2D eigenvalue weighted by Crippen LogP contribution is 2.30. The fraction of sp³-hybridized carbons (Fsp3) is 0.350. The molecule has 1 aliphatic heterocycles. The highest BCUT2D eigenvalue weighted by Gasteiger charge is 2.34. The van der Waals surface area contributed by atoms with Gasteiger partial charge in [-0.15, -0.1) is 0 Å². The number of hydrogen-bond acceptors (Lipinski definition) is 3. The van der Waals surface area contributed by atoms with Crippen molar-refractivity contribution in [2.45, 2.75) is 31.8 Å². The largest absolute Gasteiger partial charge is 0.399 e. The van der Waals surface area contributed by atoms with Gasteiger partial charge in [-0.3, -0.25) is 4.79 Å². The van der Waals surface area contributed by atoms with E-state index >= 15 is 0 Å². The summed E-state index contributed by atoms with van der Waals surface area (Å²) >= 11 is 0. The maximum atomic E-state index is 12.6. The molecule has 1 aliphatic rings. The van der Waals surface area contributed by atoms with E-state index in [4.69, 9.17) is 5.73 Å². The zero-order chi connectivity index (χ0) is 17.7. The quantitative estimate of drug-likeness (QED) is 0.645. The molecule has 1 heterocycles. The lowest BCUT2D eigenvalue weighted by Gasteiger charge is -2.38. The van der Waals surface area contributed by atoms with E-state index in [0.717, 1.165) is 11.1 Å². The summed E-state index contributed by atoms with van der Waals surface area (Å²) < 4.78 is 0. The van der Waals surface area contributed by atoms with Crippen LogP contribution < -0.4 is 5.73 Å². The monoisotopic (exact) mass is 326 g/mol. The first-order chi connectivity index (χ1) is 11.4. The molecule has 0 saturated carbocycles. The smallest absolute Gasteiger partial charge is 0.253 e. The van der Waals surface area contributed by atoms with E-state index in [-0.39, 0.29) is 5.91 Å². The second kappa shape index (κ2) is 7.49. The first kappa shape index (κ1) is 18.0. The van der Waals surface area contributed by atoms with Crippen LogP contribution in [0.25, 0.3) is 0 Å². The summed E-state index contributed by atoms with van der Waals surface area (Å²) in [7, 11) is 0. The number of nitrogens with zero attached hydrogens (tertiary/aromatic N) is 1. The predicted octanol–water partition coefficient (Wildman–Crippen LogP) is 3.23. The normalized spacial score (nSPS) is 17.4. The molecule has 1 saturated heterocycles. The molecule has 1 aromatic carbocycles. The summed E-state index contributed by atoms with van der Waals surface area (Å²) in [6, 6.07) is 5.34. The molecule has 128 valence electrons. The number of nitrogen functional groups attached to an aromatic ring is 1. The minimum Gasteiger partial charge on any atom is -0.399 e. The second-order valence-corrected chi connectivity index (χ2v) is 6.45. The number of aliphatic hydroxyl groups is 1. The Kier molecular flexibility index (Phi) is 5.62. The Balaban J connectivity index is 2.02. The van der Waals surface area contributed by atoms with Crippen LogP contribution >= 0.6 is 0 Å². The van der Waals surface area contributed by atoms with Gasteiger partial charge in [0.1, 0.15) is 0 Å². The third kappa shape index (κ3) is 4.15. The van der Waals surface area contributed by atoms with E-state index < -0.39 is 5.60 Å². The number of likely N-dealkylation sites (tertiary alicyclic amines) is 1. The third-order valence-electron chi connectivity index (χ3n) is 4.63. The number of carbonyl (C=O) groups excluding carboxylic acids is 1. The number of hydrogen-bond donors (Lipinski definition) is 2. The van der Waals surface area contributed by atoms with Gasteiger partial charge < -0.3 is 15.7 Å². The van der Waals surface area contributed by atoms with Gasteiger partial charge in [0.05, 0.1) is 5.60 Å². The molecule has 4 heteroatoms. The van der Waals surface area contributed by atoms with Crippen LogP contribution in [0.3, 0.4) is 0 Å². The average molecular weight is 326 g/mol. The predicted molar refractivity (Wildman–Crippen MR) is 98.8 cm³/mol. The fourth-order valence-corrected chi connectivity index (χ4v) is 3.02. The van der Waals surface area contributed by atoms with Crippen molar-refractivity contribution in [3.63, 3.8) is 0 Å². The Morgan fingerprint density at radius 1 is 1.38 bits per heavy atom. The standard InChI is InChI=1S/C20H26N2O2/c1-4-6-16(5-2)14-20(24)9-11-22(12-10-20)19(23)17-7-8-18(21)15(3)13-17/h4-8,13,24H,1-2,9-12,14,21H2,3H3/b16-6+. The molecule has 4 nitrogen and oxygen atoms in total. The van der Waals surface area contributed by atoms with Gasteiger partial charge in [0.15, 0.2) is 0 Å². The summed E-state index contributed by atoms with van der Waals surface area (Å²) in [4.78, 5) is 14.4. The van der Waals surface area contributed by atoms with Gasteiger partial charge in [-0.05, 0) is 49.1 Å². The van der Waals surface area contributed by atoms with Crippen molar-refractivity contribution in [3.05, 3.63) is 66.3 Å². The molecule has 0 unspecified atom stereocenters. The SMILES string of the molecule is C=C/C=C(\C=C)CC1(O)CCN(C(=O)c2ccc(N)c(C)c2)CC1. The Labute approximate surface area is 144 Å². The van der Waals surface area contributed by atoms with Gasteiger partial charge >= 0.3 is 0 Å². The molecule has 0 aliphatic carbocycles. The molecule has 1 fully saturated rings. The molecular weight excluding hydrogens is 300 g/mol.